The summed E-state index contributed by atoms with van der Waals surface area (Å²) in [4.78, 5) is 30.6. The molecule has 0 saturated carbocycles. The lowest BCUT2D eigenvalue weighted by Gasteiger charge is -2.39. The third kappa shape index (κ3) is 6.59. The van der Waals surface area contributed by atoms with Gasteiger partial charge in [-0.3, -0.25) is 9.59 Å². The molecular formula is C32H38BrFN2O3. The Kier molecular flexibility index (Phi) is 9.57. The van der Waals surface area contributed by atoms with Crippen LogP contribution in [0.5, 0.6) is 5.75 Å². The molecule has 0 bridgehead atoms. The van der Waals surface area contributed by atoms with Gasteiger partial charge in [0, 0.05) is 33.7 Å². The third-order valence-corrected chi connectivity index (χ3v) is 8.62. The largest absolute Gasteiger partial charge is 0.508 e. The molecule has 0 radical (unpaired) electrons. The van der Waals surface area contributed by atoms with E-state index in [1.165, 1.54) is 18.2 Å². The number of Topliss-reactive ketones (excluding diaryl/α,β-unsaturated/α-hetero) is 2. The molecule has 2 unspecified atom stereocenters. The van der Waals surface area contributed by atoms with Crippen LogP contribution in [0.25, 0.3) is 5.57 Å². The fraction of sp³-hybridized carbons (Fsp3) is 0.438. The minimum atomic E-state index is -0.860. The Morgan fingerprint density at radius 2 is 1.95 bits per heavy atom. The number of halogens is 2. The molecule has 1 aliphatic heterocycles. The van der Waals surface area contributed by atoms with E-state index < -0.39 is 5.41 Å². The number of piperidine rings is 1. The zero-order valence-corrected chi connectivity index (χ0v) is 24.6. The second kappa shape index (κ2) is 12.7. The van der Waals surface area contributed by atoms with Crippen molar-refractivity contribution in [2.24, 2.45) is 11.3 Å². The van der Waals surface area contributed by atoms with E-state index in [1.54, 1.807) is 25.1 Å². The summed E-state index contributed by atoms with van der Waals surface area (Å²) in [5.74, 6) is -0.586. The van der Waals surface area contributed by atoms with Crippen molar-refractivity contribution in [3.8, 4) is 5.75 Å². The Morgan fingerprint density at radius 1 is 1.18 bits per heavy atom. The van der Waals surface area contributed by atoms with Gasteiger partial charge in [0.1, 0.15) is 17.3 Å². The zero-order chi connectivity index (χ0) is 28.2. The van der Waals surface area contributed by atoms with Crippen LogP contribution < -0.4 is 5.32 Å². The van der Waals surface area contributed by atoms with E-state index in [4.69, 9.17) is 0 Å². The van der Waals surface area contributed by atoms with Crippen molar-refractivity contribution in [2.45, 2.75) is 45.4 Å². The molecule has 1 aliphatic carbocycles. The quantitative estimate of drug-likeness (QED) is 0.244. The van der Waals surface area contributed by atoms with Crippen LogP contribution in [-0.2, 0) is 4.79 Å². The normalized spacial score (nSPS) is 21.7. The second-order valence-electron chi connectivity index (χ2n) is 11.1. The topological polar surface area (TPSA) is 69.6 Å². The van der Waals surface area contributed by atoms with Gasteiger partial charge in [0.2, 0.25) is 0 Å². The van der Waals surface area contributed by atoms with E-state index in [2.05, 4.69) is 26.1 Å². The fourth-order valence-corrected chi connectivity index (χ4v) is 6.78. The highest BCUT2D eigenvalue weighted by Gasteiger charge is 2.45. The monoisotopic (exact) mass is 596 g/mol. The summed E-state index contributed by atoms with van der Waals surface area (Å²) >= 11 is 3.75. The van der Waals surface area contributed by atoms with Crippen molar-refractivity contribution in [3.05, 3.63) is 81.1 Å². The van der Waals surface area contributed by atoms with Crippen molar-refractivity contribution in [1.82, 2.24) is 10.2 Å². The zero-order valence-electron chi connectivity index (χ0n) is 23.0. The summed E-state index contributed by atoms with van der Waals surface area (Å²) in [5, 5.41) is 13.5. The molecule has 7 heteroatoms. The highest BCUT2D eigenvalue weighted by Crippen LogP contribution is 2.50. The van der Waals surface area contributed by atoms with Crippen molar-refractivity contribution in [3.63, 3.8) is 0 Å². The van der Waals surface area contributed by atoms with Gasteiger partial charge in [-0.25, -0.2) is 4.39 Å². The van der Waals surface area contributed by atoms with Gasteiger partial charge in [0.25, 0.3) is 0 Å². The number of unbranched alkanes of at least 4 members (excludes halogenated alkanes) is 1. The lowest BCUT2D eigenvalue weighted by Crippen LogP contribution is -2.43. The maximum absolute atomic E-state index is 14.7. The Balaban J connectivity index is 1.85. The fourth-order valence-electron chi connectivity index (χ4n) is 5.89. The predicted molar refractivity (Wildman–Crippen MR) is 158 cm³/mol. The average molecular weight is 598 g/mol. The summed E-state index contributed by atoms with van der Waals surface area (Å²) in [6.07, 6.45) is 6.40. The first-order valence-corrected chi connectivity index (χ1v) is 14.5. The third-order valence-electron chi connectivity index (χ3n) is 7.99. The standard InChI is InChI=1S/C32H38BrFN2O3/c1-21-25(12-7-13-28(21)34)29-26(30(38)22-9-6-11-24(37)17-22)18-32(19-27(29)33,14-4-5-16-36(2)3)31(39)23-10-8-15-35-20-23/h6-7,9,11-13,17,19,23,35,37H,4-5,8,10,14-16,18,20H2,1-3H3. The van der Waals surface area contributed by atoms with Gasteiger partial charge in [0.15, 0.2) is 5.78 Å². The molecule has 0 aromatic heterocycles. The predicted octanol–water partition coefficient (Wildman–Crippen LogP) is 6.45. The van der Waals surface area contributed by atoms with Crippen LogP contribution in [0.3, 0.4) is 0 Å². The number of rotatable bonds is 10. The van der Waals surface area contributed by atoms with Crippen LogP contribution in [0.15, 0.2) is 58.6 Å². The number of ketones is 2. The number of nitrogens with zero attached hydrogens (tertiary/aromatic N) is 1. The first-order chi connectivity index (χ1) is 18.6. The SMILES string of the molecule is Cc1c(F)cccc1C1=C(C(=O)c2cccc(O)c2)CC(CCCCN(C)C)(C(=O)C2CCCNC2)C=C1Br. The molecule has 1 saturated heterocycles. The minimum absolute atomic E-state index is 0.00495. The van der Waals surface area contributed by atoms with Crippen LogP contribution in [0.1, 0.15) is 60.0 Å². The number of benzene rings is 2. The Labute approximate surface area is 239 Å². The molecule has 4 rings (SSSR count). The molecule has 1 fully saturated rings. The van der Waals surface area contributed by atoms with Crippen molar-refractivity contribution >= 4 is 33.1 Å². The molecule has 2 atom stereocenters. The van der Waals surface area contributed by atoms with Gasteiger partial charge in [-0.05, 0) is 95.5 Å². The van der Waals surface area contributed by atoms with Gasteiger partial charge in [-0.15, -0.1) is 0 Å². The Morgan fingerprint density at radius 3 is 2.64 bits per heavy atom. The van der Waals surface area contributed by atoms with E-state index in [-0.39, 0.29) is 35.5 Å². The number of nitrogens with one attached hydrogen (secondary N) is 1. The molecule has 2 aromatic rings. The Hall–Kier alpha value is -2.61. The number of hydrogen-bond donors (Lipinski definition) is 2. The van der Waals surface area contributed by atoms with Gasteiger partial charge in [0.05, 0.1) is 5.41 Å². The van der Waals surface area contributed by atoms with Gasteiger partial charge in [-0.2, -0.15) is 0 Å². The van der Waals surface area contributed by atoms with Crippen molar-refractivity contribution in [1.29, 1.82) is 0 Å². The summed E-state index contributed by atoms with van der Waals surface area (Å²) in [5.41, 5.74) is 1.62. The summed E-state index contributed by atoms with van der Waals surface area (Å²) in [6.45, 7) is 4.16. The number of phenolic OH excluding ortho intramolecular Hbond substituents is 1. The number of carbonyl (C=O) groups excluding carboxylic acids is 2. The highest BCUT2D eigenvalue weighted by molar-refractivity contribution is 9.12. The molecule has 0 amide bonds. The van der Waals surface area contributed by atoms with Crippen molar-refractivity contribution in [2.75, 3.05) is 33.7 Å². The van der Waals surface area contributed by atoms with Gasteiger partial charge in [-0.1, -0.05) is 52.7 Å². The molecule has 2 aliphatic rings. The number of carbonyl (C=O) groups is 2. The lowest BCUT2D eigenvalue weighted by molar-refractivity contribution is -0.131. The molecule has 39 heavy (non-hydrogen) atoms. The number of aromatic hydroxyl groups is 1. The van der Waals surface area contributed by atoms with Crippen LogP contribution in [0, 0.1) is 24.1 Å². The maximum atomic E-state index is 14.7. The molecule has 2 N–H and O–H groups in total. The summed E-state index contributed by atoms with van der Waals surface area (Å²) in [6, 6.07) is 11.1. The van der Waals surface area contributed by atoms with Gasteiger partial charge < -0.3 is 15.3 Å². The Bertz CT molecular complexity index is 1300. The van der Waals surface area contributed by atoms with E-state index >= 15 is 0 Å². The summed E-state index contributed by atoms with van der Waals surface area (Å²) in [7, 11) is 4.07. The van der Waals surface area contributed by atoms with Gasteiger partial charge >= 0.3 is 0 Å². The molecule has 0 spiro atoms. The number of allylic oxidation sites excluding steroid dienone is 4. The highest BCUT2D eigenvalue weighted by atomic mass is 79.9. The molecular weight excluding hydrogens is 559 g/mol. The van der Waals surface area contributed by atoms with Crippen LogP contribution in [0.2, 0.25) is 0 Å². The molecule has 5 nitrogen and oxygen atoms in total. The number of hydrogen-bond acceptors (Lipinski definition) is 5. The van der Waals surface area contributed by atoms with Crippen molar-refractivity contribution < 1.29 is 19.1 Å². The molecule has 1 heterocycles. The van der Waals surface area contributed by atoms with E-state index in [9.17, 15) is 19.1 Å². The smallest absolute Gasteiger partial charge is 0.189 e. The van der Waals surface area contributed by atoms with E-state index in [1.807, 2.05) is 26.2 Å². The maximum Gasteiger partial charge on any atom is 0.189 e. The first kappa shape index (κ1) is 29.4. The van der Waals surface area contributed by atoms with Crippen LogP contribution >= 0.6 is 15.9 Å². The minimum Gasteiger partial charge on any atom is -0.508 e. The molecule has 2 aromatic carbocycles. The van der Waals surface area contributed by atoms with E-state index in [0.717, 1.165) is 38.8 Å². The lowest BCUT2D eigenvalue weighted by atomic mass is 9.65. The summed E-state index contributed by atoms with van der Waals surface area (Å²) < 4.78 is 15.4. The second-order valence-corrected chi connectivity index (χ2v) is 12.0. The van der Waals surface area contributed by atoms with Crippen LogP contribution in [0.4, 0.5) is 4.39 Å². The average Bonchev–Trinajstić information content (AvgIpc) is 2.92. The number of phenols is 1. The van der Waals surface area contributed by atoms with Crippen LogP contribution in [-0.4, -0.2) is 55.3 Å². The molecule has 208 valence electrons. The van der Waals surface area contributed by atoms with E-state index in [0.29, 0.717) is 45.3 Å². The first-order valence-electron chi connectivity index (χ1n) is 13.7.